The van der Waals surface area contributed by atoms with Crippen molar-refractivity contribution >= 4 is 38.9 Å². The lowest BCUT2D eigenvalue weighted by Crippen LogP contribution is -2.02. The van der Waals surface area contributed by atoms with Crippen LogP contribution in [0.25, 0.3) is 10.2 Å². The van der Waals surface area contributed by atoms with Crippen molar-refractivity contribution in [1.29, 1.82) is 0 Å². The predicted molar refractivity (Wildman–Crippen MR) is 113 cm³/mol. The van der Waals surface area contributed by atoms with Gasteiger partial charge >= 0.3 is 0 Å². The second-order valence-corrected chi connectivity index (χ2v) is 8.91. The number of phenolic OH excluding ortho intramolecular Hbond substituents is 1. The first-order valence-electron chi connectivity index (χ1n) is 9.56. The maximum atomic E-state index is 11.5. The molecule has 146 valence electrons. The topological polar surface area (TPSA) is 59.4 Å². The van der Waals surface area contributed by atoms with Crippen LogP contribution in [0.5, 0.6) is 11.5 Å². The van der Waals surface area contributed by atoms with E-state index in [-0.39, 0.29) is 11.5 Å². The number of aromatic hydroxyl groups is 1. The van der Waals surface area contributed by atoms with E-state index in [9.17, 15) is 9.90 Å². The van der Waals surface area contributed by atoms with Crippen molar-refractivity contribution in [2.45, 2.75) is 38.5 Å². The second-order valence-electron chi connectivity index (χ2n) is 7.30. The molecule has 0 aliphatic heterocycles. The molecular formula is C22H22ClNO3S. The molecule has 2 unspecified atom stereocenters. The number of phenols is 1. The van der Waals surface area contributed by atoms with E-state index in [1.165, 1.54) is 16.9 Å². The standard InChI is InChI=1S/C22H22ClNO3S/c1-2-16(25)6-3-13-4-8-19(26)20(9-13)27-12-15-10-17(15)14-5-7-18-21(11-14)28-22(23)24-18/h4-5,7-9,11,15,17,26H,2-3,6,10,12H2,1H3. The third-order valence-electron chi connectivity index (χ3n) is 5.30. The summed E-state index contributed by atoms with van der Waals surface area (Å²) in [5.74, 6) is 1.79. The molecule has 1 aromatic heterocycles. The Morgan fingerprint density at radius 1 is 1.32 bits per heavy atom. The Bertz CT molecular complexity index is 1020. The number of carbonyl (C=O) groups excluding carboxylic acids is 1. The molecular weight excluding hydrogens is 394 g/mol. The SMILES string of the molecule is CCC(=O)CCc1ccc(O)c(OCC2CC2c2ccc3nc(Cl)sc3c2)c1. The number of benzene rings is 2. The highest BCUT2D eigenvalue weighted by Gasteiger charge is 2.39. The number of fused-ring (bicyclic) bond motifs is 1. The van der Waals surface area contributed by atoms with Gasteiger partial charge in [0.25, 0.3) is 0 Å². The van der Waals surface area contributed by atoms with Crippen molar-refractivity contribution in [3.05, 3.63) is 52.0 Å². The summed E-state index contributed by atoms with van der Waals surface area (Å²) in [4.78, 5) is 15.8. The molecule has 3 aromatic rings. The zero-order chi connectivity index (χ0) is 19.7. The van der Waals surface area contributed by atoms with Gasteiger partial charge < -0.3 is 9.84 Å². The normalized spacial score (nSPS) is 18.4. The van der Waals surface area contributed by atoms with Gasteiger partial charge in [0.05, 0.1) is 16.8 Å². The molecule has 0 saturated heterocycles. The Kier molecular flexibility index (Phi) is 5.56. The van der Waals surface area contributed by atoms with Crippen molar-refractivity contribution < 1.29 is 14.6 Å². The number of carbonyl (C=O) groups is 1. The number of rotatable bonds is 8. The summed E-state index contributed by atoms with van der Waals surface area (Å²) >= 11 is 7.50. The van der Waals surface area contributed by atoms with Crippen molar-refractivity contribution in [2.24, 2.45) is 5.92 Å². The first kappa shape index (κ1) is 19.2. The highest BCUT2D eigenvalue weighted by Crippen LogP contribution is 2.48. The number of nitrogens with zero attached hydrogens (tertiary/aromatic N) is 1. The van der Waals surface area contributed by atoms with Gasteiger partial charge in [-0.05, 0) is 54.2 Å². The molecule has 1 aliphatic carbocycles. The van der Waals surface area contributed by atoms with Gasteiger partial charge in [0.2, 0.25) is 0 Å². The summed E-state index contributed by atoms with van der Waals surface area (Å²) in [7, 11) is 0. The first-order valence-corrected chi connectivity index (χ1v) is 10.8. The maximum Gasteiger partial charge on any atom is 0.184 e. The molecule has 1 fully saturated rings. The van der Waals surface area contributed by atoms with Crippen molar-refractivity contribution in [3.63, 3.8) is 0 Å². The number of thiazole rings is 1. The van der Waals surface area contributed by atoms with E-state index in [2.05, 4.69) is 17.1 Å². The fourth-order valence-corrected chi connectivity index (χ4v) is 4.55. The van der Waals surface area contributed by atoms with Crippen LogP contribution in [0.4, 0.5) is 0 Å². The minimum Gasteiger partial charge on any atom is -0.504 e. The smallest absolute Gasteiger partial charge is 0.184 e. The van der Waals surface area contributed by atoms with Gasteiger partial charge in [-0.15, -0.1) is 11.3 Å². The minimum atomic E-state index is 0.142. The van der Waals surface area contributed by atoms with E-state index in [1.807, 2.05) is 25.1 Å². The number of hydrogen-bond acceptors (Lipinski definition) is 5. The fourth-order valence-electron chi connectivity index (χ4n) is 3.47. The molecule has 0 spiro atoms. The first-order chi connectivity index (χ1) is 13.5. The van der Waals surface area contributed by atoms with E-state index < -0.39 is 0 Å². The Morgan fingerprint density at radius 3 is 3.00 bits per heavy atom. The van der Waals surface area contributed by atoms with Gasteiger partial charge in [-0.2, -0.15) is 0 Å². The van der Waals surface area contributed by atoms with Crippen LogP contribution in [0.1, 0.15) is 43.2 Å². The zero-order valence-corrected chi connectivity index (χ0v) is 17.2. The molecule has 1 N–H and O–H groups in total. The van der Waals surface area contributed by atoms with Crippen LogP contribution in [-0.4, -0.2) is 22.5 Å². The van der Waals surface area contributed by atoms with Gasteiger partial charge in [-0.1, -0.05) is 30.7 Å². The van der Waals surface area contributed by atoms with Crippen LogP contribution < -0.4 is 4.74 Å². The molecule has 4 nitrogen and oxygen atoms in total. The Labute approximate surface area is 173 Å². The van der Waals surface area contributed by atoms with E-state index >= 15 is 0 Å². The Morgan fingerprint density at radius 2 is 2.18 bits per heavy atom. The number of Topliss-reactive ketones (excluding diaryl/α,β-unsaturated/α-hetero) is 1. The third kappa shape index (κ3) is 4.31. The molecule has 1 aliphatic rings. The number of aromatic nitrogens is 1. The lowest BCUT2D eigenvalue weighted by molar-refractivity contribution is -0.118. The lowest BCUT2D eigenvalue weighted by Gasteiger charge is -2.10. The van der Waals surface area contributed by atoms with E-state index in [1.54, 1.807) is 6.07 Å². The van der Waals surface area contributed by atoms with E-state index in [0.29, 0.717) is 47.9 Å². The molecule has 0 bridgehead atoms. The molecule has 2 aromatic carbocycles. The van der Waals surface area contributed by atoms with Crippen molar-refractivity contribution in [2.75, 3.05) is 6.61 Å². The summed E-state index contributed by atoms with van der Waals surface area (Å²) in [6.07, 6.45) is 2.83. The number of ether oxygens (including phenoxy) is 1. The summed E-state index contributed by atoms with van der Waals surface area (Å²) in [6.45, 7) is 2.44. The highest BCUT2D eigenvalue weighted by molar-refractivity contribution is 7.22. The number of halogens is 1. The summed E-state index contributed by atoms with van der Waals surface area (Å²) in [6, 6.07) is 11.7. The lowest BCUT2D eigenvalue weighted by atomic mass is 10.1. The van der Waals surface area contributed by atoms with Gasteiger partial charge in [0.1, 0.15) is 5.78 Å². The number of ketones is 1. The number of aryl methyl sites for hydroxylation is 1. The quantitative estimate of drug-likeness (QED) is 0.508. The van der Waals surface area contributed by atoms with E-state index in [0.717, 1.165) is 22.2 Å². The molecule has 2 atom stereocenters. The third-order valence-corrected chi connectivity index (χ3v) is 6.42. The molecule has 0 radical (unpaired) electrons. The zero-order valence-electron chi connectivity index (χ0n) is 15.7. The monoisotopic (exact) mass is 415 g/mol. The van der Waals surface area contributed by atoms with Crippen LogP contribution in [0.15, 0.2) is 36.4 Å². The summed E-state index contributed by atoms with van der Waals surface area (Å²) in [5, 5.41) is 10.1. The van der Waals surface area contributed by atoms with Gasteiger partial charge in [0, 0.05) is 18.8 Å². The van der Waals surface area contributed by atoms with Crippen molar-refractivity contribution in [1.82, 2.24) is 4.98 Å². The van der Waals surface area contributed by atoms with E-state index in [4.69, 9.17) is 16.3 Å². The largest absolute Gasteiger partial charge is 0.504 e. The van der Waals surface area contributed by atoms with Crippen LogP contribution >= 0.6 is 22.9 Å². The Hall–Kier alpha value is -2.11. The number of hydrogen-bond donors (Lipinski definition) is 1. The molecule has 6 heteroatoms. The average molecular weight is 416 g/mol. The van der Waals surface area contributed by atoms with Gasteiger partial charge in [-0.3, -0.25) is 4.79 Å². The molecule has 1 saturated carbocycles. The maximum absolute atomic E-state index is 11.5. The minimum absolute atomic E-state index is 0.142. The van der Waals surface area contributed by atoms with Crippen LogP contribution in [-0.2, 0) is 11.2 Å². The van der Waals surface area contributed by atoms with Crippen LogP contribution in [0.3, 0.4) is 0 Å². The fraction of sp³-hybridized carbons (Fsp3) is 0.364. The van der Waals surface area contributed by atoms with Crippen molar-refractivity contribution in [3.8, 4) is 11.5 Å². The predicted octanol–water partition coefficient (Wildman–Crippen LogP) is 5.75. The van der Waals surface area contributed by atoms with Crippen LogP contribution in [0.2, 0.25) is 4.47 Å². The molecule has 28 heavy (non-hydrogen) atoms. The summed E-state index contributed by atoms with van der Waals surface area (Å²) in [5.41, 5.74) is 3.24. The van der Waals surface area contributed by atoms with Crippen LogP contribution in [0, 0.1) is 5.92 Å². The van der Waals surface area contributed by atoms with Gasteiger partial charge in [-0.25, -0.2) is 4.98 Å². The summed E-state index contributed by atoms with van der Waals surface area (Å²) < 4.78 is 7.59. The molecule has 1 heterocycles. The van der Waals surface area contributed by atoms with Gasteiger partial charge in [0.15, 0.2) is 16.0 Å². The average Bonchev–Trinajstić information content (AvgIpc) is 3.37. The Balaban J connectivity index is 1.36. The molecule has 0 amide bonds. The second kappa shape index (κ2) is 8.10. The highest BCUT2D eigenvalue weighted by atomic mass is 35.5. The molecule has 4 rings (SSSR count).